The molecular weight excluding hydrogens is 372 g/mol. The summed E-state index contributed by atoms with van der Waals surface area (Å²) >= 11 is 5.90. The first-order valence-corrected chi connectivity index (χ1v) is 9.94. The minimum Gasteiger partial charge on any atom is -0.366 e. The maximum absolute atomic E-state index is 12.5. The number of anilines is 1. The standard InChI is InChI=1S/C22H23ClN4O/c23-19-8-6-17(7-9-19)10-12-25-22(28)27-15-13-26(14-16-27)20-5-1-3-18-4-2-11-24-21(18)20/h1-9,11H,10,12-16H2,(H,25,28). The van der Waals surface area contributed by atoms with Crippen molar-refractivity contribution in [1.82, 2.24) is 15.2 Å². The Morgan fingerprint density at radius 2 is 1.75 bits per heavy atom. The Labute approximate surface area is 169 Å². The average molecular weight is 395 g/mol. The fourth-order valence-corrected chi connectivity index (χ4v) is 3.70. The molecule has 0 saturated carbocycles. The number of nitrogens with one attached hydrogen (secondary N) is 1. The minimum atomic E-state index is 0.00431. The van der Waals surface area contributed by atoms with E-state index in [2.05, 4.69) is 39.5 Å². The lowest BCUT2D eigenvalue weighted by molar-refractivity contribution is 0.194. The normalized spacial score (nSPS) is 14.3. The molecule has 1 aliphatic rings. The number of piperazine rings is 1. The van der Waals surface area contributed by atoms with Gasteiger partial charge in [0.2, 0.25) is 0 Å². The number of rotatable bonds is 4. The van der Waals surface area contributed by atoms with Gasteiger partial charge < -0.3 is 15.1 Å². The molecule has 1 fully saturated rings. The Balaban J connectivity index is 1.30. The highest BCUT2D eigenvalue weighted by Gasteiger charge is 2.22. The van der Waals surface area contributed by atoms with Gasteiger partial charge in [0.05, 0.1) is 11.2 Å². The number of carbonyl (C=O) groups excluding carboxylic acids is 1. The molecule has 6 heteroatoms. The molecule has 1 aromatic heterocycles. The number of amides is 2. The molecule has 0 bridgehead atoms. The Hall–Kier alpha value is -2.79. The Morgan fingerprint density at radius 1 is 1.00 bits per heavy atom. The van der Waals surface area contributed by atoms with Crippen molar-refractivity contribution in [3.63, 3.8) is 0 Å². The van der Waals surface area contributed by atoms with E-state index in [0.29, 0.717) is 19.6 Å². The van der Waals surface area contributed by atoms with Gasteiger partial charge in [0.15, 0.2) is 0 Å². The lowest BCUT2D eigenvalue weighted by atomic mass is 10.1. The van der Waals surface area contributed by atoms with E-state index < -0.39 is 0 Å². The van der Waals surface area contributed by atoms with Crippen molar-refractivity contribution in [2.24, 2.45) is 0 Å². The lowest BCUT2D eigenvalue weighted by Gasteiger charge is -2.36. The molecule has 1 aliphatic heterocycles. The molecule has 2 amide bonds. The lowest BCUT2D eigenvalue weighted by Crippen LogP contribution is -2.52. The summed E-state index contributed by atoms with van der Waals surface area (Å²) in [4.78, 5) is 21.2. The van der Waals surface area contributed by atoms with Gasteiger partial charge in [0.25, 0.3) is 0 Å². The number of halogens is 1. The molecule has 1 saturated heterocycles. The fourth-order valence-electron chi connectivity index (χ4n) is 3.57. The van der Waals surface area contributed by atoms with Gasteiger partial charge in [0.1, 0.15) is 0 Å². The maximum Gasteiger partial charge on any atom is 0.317 e. The van der Waals surface area contributed by atoms with E-state index in [0.717, 1.165) is 46.7 Å². The topological polar surface area (TPSA) is 48.5 Å². The predicted octanol–water partition coefficient (Wildman–Crippen LogP) is 3.96. The van der Waals surface area contributed by atoms with E-state index in [4.69, 9.17) is 11.6 Å². The van der Waals surface area contributed by atoms with Gasteiger partial charge in [0, 0.05) is 49.3 Å². The molecule has 28 heavy (non-hydrogen) atoms. The van der Waals surface area contributed by atoms with Crippen LogP contribution in [0.5, 0.6) is 0 Å². The van der Waals surface area contributed by atoms with E-state index in [1.807, 2.05) is 41.4 Å². The molecule has 0 aliphatic carbocycles. The van der Waals surface area contributed by atoms with E-state index in [1.54, 1.807) is 0 Å². The van der Waals surface area contributed by atoms with Crippen LogP contribution < -0.4 is 10.2 Å². The van der Waals surface area contributed by atoms with Gasteiger partial charge in [-0.25, -0.2) is 4.79 Å². The van der Waals surface area contributed by atoms with Crippen LogP contribution in [0.15, 0.2) is 60.8 Å². The number of nitrogens with zero attached hydrogens (tertiary/aromatic N) is 3. The van der Waals surface area contributed by atoms with E-state index in [1.165, 1.54) is 0 Å². The maximum atomic E-state index is 12.5. The number of fused-ring (bicyclic) bond motifs is 1. The van der Waals surface area contributed by atoms with E-state index in [-0.39, 0.29) is 6.03 Å². The van der Waals surface area contributed by atoms with Crippen molar-refractivity contribution in [2.75, 3.05) is 37.6 Å². The third-order valence-electron chi connectivity index (χ3n) is 5.12. The van der Waals surface area contributed by atoms with Crippen LogP contribution in [0.3, 0.4) is 0 Å². The Morgan fingerprint density at radius 3 is 2.54 bits per heavy atom. The zero-order valence-corrected chi connectivity index (χ0v) is 16.4. The first kappa shape index (κ1) is 18.6. The van der Waals surface area contributed by atoms with Crippen LogP contribution in [0.2, 0.25) is 5.02 Å². The second kappa shape index (κ2) is 8.48. The van der Waals surface area contributed by atoms with Crippen LogP contribution >= 0.6 is 11.6 Å². The largest absolute Gasteiger partial charge is 0.366 e. The van der Waals surface area contributed by atoms with Crippen LogP contribution in [-0.4, -0.2) is 48.6 Å². The first-order chi connectivity index (χ1) is 13.7. The van der Waals surface area contributed by atoms with Crippen molar-refractivity contribution in [1.29, 1.82) is 0 Å². The predicted molar refractivity (Wildman–Crippen MR) is 114 cm³/mol. The van der Waals surface area contributed by atoms with Gasteiger partial charge in [-0.1, -0.05) is 41.9 Å². The number of hydrogen-bond donors (Lipinski definition) is 1. The molecule has 5 nitrogen and oxygen atoms in total. The van der Waals surface area contributed by atoms with Crippen molar-refractivity contribution in [2.45, 2.75) is 6.42 Å². The van der Waals surface area contributed by atoms with Crippen LogP contribution in [-0.2, 0) is 6.42 Å². The van der Waals surface area contributed by atoms with Crippen LogP contribution in [0.4, 0.5) is 10.5 Å². The molecule has 0 radical (unpaired) electrons. The molecule has 0 spiro atoms. The number of pyridine rings is 1. The number of urea groups is 1. The van der Waals surface area contributed by atoms with Gasteiger partial charge in [-0.05, 0) is 36.2 Å². The van der Waals surface area contributed by atoms with Crippen molar-refractivity contribution < 1.29 is 4.79 Å². The van der Waals surface area contributed by atoms with Crippen molar-refractivity contribution in [3.8, 4) is 0 Å². The summed E-state index contributed by atoms with van der Waals surface area (Å²) in [7, 11) is 0. The van der Waals surface area contributed by atoms with Crippen LogP contribution in [0, 0.1) is 0 Å². The molecule has 2 heterocycles. The minimum absolute atomic E-state index is 0.00431. The number of para-hydroxylation sites is 1. The second-order valence-electron chi connectivity index (χ2n) is 6.93. The summed E-state index contributed by atoms with van der Waals surface area (Å²) in [6, 6.07) is 18.0. The van der Waals surface area contributed by atoms with Crippen LogP contribution in [0.1, 0.15) is 5.56 Å². The summed E-state index contributed by atoms with van der Waals surface area (Å²) < 4.78 is 0. The fraction of sp³-hybridized carbons (Fsp3) is 0.273. The van der Waals surface area contributed by atoms with Crippen molar-refractivity contribution in [3.05, 3.63) is 71.4 Å². The van der Waals surface area contributed by atoms with Gasteiger partial charge in [-0.2, -0.15) is 0 Å². The Kier molecular flexibility index (Phi) is 5.63. The monoisotopic (exact) mass is 394 g/mol. The molecular formula is C22H23ClN4O. The summed E-state index contributed by atoms with van der Waals surface area (Å²) in [6.07, 6.45) is 2.63. The molecule has 1 N–H and O–H groups in total. The summed E-state index contributed by atoms with van der Waals surface area (Å²) in [5, 5.41) is 4.89. The number of carbonyl (C=O) groups is 1. The first-order valence-electron chi connectivity index (χ1n) is 9.56. The zero-order valence-electron chi connectivity index (χ0n) is 15.6. The van der Waals surface area contributed by atoms with Gasteiger partial charge in [-0.3, -0.25) is 4.98 Å². The quantitative estimate of drug-likeness (QED) is 0.728. The molecule has 0 unspecified atom stereocenters. The van der Waals surface area contributed by atoms with Crippen molar-refractivity contribution >= 4 is 34.2 Å². The molecule has 4 rings (SSSR count). The smallest absolute Gasteiger partial charge is 0.317 e. The number of benzene rings is 2. The third-order valence-corrected chi connectivity index (χ3v) is 5.37. The zero-order chi connectivity index (χ0) is 19.3. The van der Waals surface area contributed by atoms with E-state index >= 15 is 0 Å². The highest BCUT2D eigenvalue weighted by Crippen LogP contribution is 2.25. The second-order valence-corrected chi connectivity index (χ2v) is 7.37. The van der Waals surface area contributed by atoms with E-state index in [9.17, 15) is 4.79 Å². The average Bonchev–Trinajstić information content (AvgIpc) is 2.75. The number of aromatic nitrogens is 1. The third kappa shape index (κ3) is 4.20. The summed E-state index contributed by atoms with van der Waals surface area (Å²) in [6.45, 7) is 3.64. The summed E-state index contributed by atoms with van der Waals surface area (Å²) in [5.74, 6) is 0. The SMILES string of the molecule is O=C(NCCc1ccc(Cl)cc1)N1CCN(c2cccc3cccnc23)CC1. The summed E-state index contributed by atoms with van der Waals surface area (Å²) in [5.41, 5.74) is 3.32. The highest BCUT2D eigenvalue weighted by atomic mass is 35.5. The molecule has 3 aromatic rings. The Bertz CT molecular complexity index is 947. The molecule has 144 valence electrons. The van der Waals surface area contributed by atoms with Gasteiger partial charge >= 0.3 is 6.03 Å². The molecule has 0 atom stereocenters. The molecule has 2 aromatic carbocycles. The highest BCUT2D eigenvalue weighted by molar-refractivity contribution is 6.30. The number of hydrogen-bond acceptors (Lipinski definition) is 3. The van der Waals surface area contributed by atoms with Gasteiger partial charge in [-0.15, -0.1) is 0 Å². The van der Waals surface area contributed by atoms with Crippen LogP contribution in [0.25, 0.3) is 10.9 Å².